The highest BCUT2D eigenvalue weighted by Gasteiger charge is 2.24. The highest BCUT2D eigenvalue weighted by atomic mass is 16.3. The van der Waals surface area contributed by atoms with Crippen LogP contribution in [0.3, 0.4) is 0 Å². The monoisotopic (exact) mass is 432 g/mol. The minimum Gasteiger partial charge on any atom is -0.459 e. The van der Waals surface area contributed by atoms with Gasteiger partial charge >= 0.3 is 0 Å². The molecule has 1 aromatic carbocycles. The van der Waals surface area contributed by atoms with Crippen LogP contribution in [0.2, 0.25) is 0 Å². The Hall–Kier alpha value is -3.53. The molecule has 7 heteroatoms. The molecule has 166 valence electrons. The minimum atomic E-state index is -0.383. The average molecular weight is 433 g/mol. The first-order chi connectivity index (χ1) is 15.5. The van der Waals surface area contributed by atoms with Gasteiger partial charge < -0.3 is 19.5 Å². The third-order valence-corrected chi connectivity index (χ3v) is 6.23. The van der Waals surface area contributed by atoms with E-state index in [2.05, 4.69) is 23.5 Å². The van der Waals surface area contributed by atoms with Crippen molar-refractivity contribution in [2.75, 3.05) is 26.2 Å². The first kappa shape index (κ1) is 21.7. The molecule has 1 aliphatic carbocycles. The van der Waals surface area contributed by atoms with Crippen LogP contribution in [0.4, 0.5) is 0 Å². The molecule has 0 bridgehead atoms. The van der Waals surface area contributed by atoms with E-state index in [9.17, 15) is 14.9 Å². The molecule has 32 heavy (non-hydrogen) atoms. The van der Waals surface area contributed by atoms with E-state index in [-0.39, 0.29) is 23.4 Å². The van der Waals surface area contributed by atoms with Gasteiger partial charge in [0.05, 0.1) is 12.3 Å². The Kier molecular flexibility index (Phi) is 6.60. The van der Waals surface area contributed by atoms with Crippen molar-refractivity contribution in [2.45, 2.75) is 38.6 Å². The van der Waals surface area contributed by atoms with E-state index in [4.69, 9.17) is 4.42 Å². The number of furan rings is 1. The lowest BCUT2D eigenvalue weighted by atomic mass is 9.89. The fourth-order valence-corrected chi connectivity index (χ4v) is 4.31. The fraction of sp³-hybridized carbons (Fsp3) is 0.400. The minimum absolute atomic E-state index is 0.0700. The Balaban J connectivity index is 1.34. The molecule has 7 nitrogen and oxygen atoms in total. The molecule has 2 amide bonds. The van der Waals surface area contributed by atoms with Gasteiger partial charge in [0.2, 0.25) is 0 Å². The van der Waals surface area contributed by atoms with Crippen LogP contribution in [0.1, 0.15) is 53.1 Å². The van der Waals surface area contributed by atoms with E-state index in [1.165, 1.54) is 30.2 Å². The second-order valence-corrected chi connectivity index (χ2v) is 8.39. The summed E-state index contributed by atoms with van der Waals surface area (Å²) in [6, 6.07) is 11.6. The number of benzene rings is 1. The number of piperazine rings is 1. The SMILES string of the molecule is CC(NC(=O)/C(C#N)=C\N1CCN(C(=O)c2ccco2)CC1)c1ccc2c(c1)CCCC2. The summed E-state index contributed by atoms with van der Waals surface area (Å²) in [7, 11) is 0. The van der Waals surface area contributed by atoms with Crippen molar-refractivity contribution in [3.8, 4) is 6.07 Å². The fourth-order valence-electron chi connectivity index (χ4n) is 4.31. The predicted molar refractivity (Wildman–Crippen MR) is 120 cm³/mol. The largest absolute Gasteiger partial charge is 0.459 e. The van der Waals surface area contributed by atoms with Gasteiger partial charge in [-0.3, -0.25) is 9.59 Å². The number of hydrogen-bond donors (Lipinski definition) is 1. The van der Waals surface area contributed by atoms with E-state index in [0.29, 0.717) is 31.9 Å². The molecule has 1 N–H and O–H groups in total. The quantitative estimate of drug-likeness (QED) is 0.579. The number of carbonyl (C=O) groups is 2. The van der Waals surface area contributed by atoms with Crippen molar-refractivity contribution in [3.63, 3.8) is 0 Å². The predicted octanol–water partition coefficient (Wildman–Crippen LogP) is 3.20. The highest BCUT2D eigenvalue weighted by molar-refractivity contribution is 5.97. The molecule has 0 spiro atoms. The van der Waals surface area contributed by atoms with Crippen LogP contribution < -0.4 is 5.32 Å². The Bertz CT molecular complexity index is 1040. The van der Waals surface area contributed by atoms with Gasteiger partial charge in [-0.1, -0.05) is 18.2 Å². The van der Waals surface area contributed by atoms with E-state index in [1.54, 1.807) is 23.2 Å². The molecule has 1 aliphatic heterocycles. The number of nitrogens with one attached hydrogen (secondary N) is 1. The Morgan fingerprint density at radius 2 is 1.88 bits per heavy atom. The summed E-state index contributed by atoms with van der Waals surface area (Å²) in [6.45, 7) is 4.04. The number of nitriles is 1. The lowest BCUT2D eigenvalue weighted by molar-refractivity contribution is -0.117. The number of nitrogens with zero attached hydrogens (tertiary/aromatic N) is 3. The third-order valence-electron chi connectivity index (χ3n) is 6.23. The van der Waals surface area contributed by atoms with Crippen molar-refractivity contribution in [3.05, 3.63) is 70.8 Å². The average Bonchev–Trinajstić information content (AvgIpc) is 3.37. The van der Waals surface area contributed by atoms with Crippen LogP contribution in [0.15, 0.2) is 52.8 Å². The van der Waals surface area contributed by atoms with E-state index in [1.807, 2.05) is 17.9 Å². The van der Waals surface area contributed by atoms with Crippen LogP contribution in [-0.2, 0) is 17.6 Å². The molecule has 4 rings (SSSR count). The molecule has 1 fully saturated rings. The van der Waals surface area contributed by atoms with Crippen LogP contribution in [-0.4, -0.2) is 47.8 Å². The van der Waals surface area contributed by atoms with Gasteiger partial charge in [0.1, 0.15) is 11.6 Å². The van der Waals surface area contributed by atoms with E-state index < -0.39 is 0 Å². The lowest BCUT2D eigenvalue weighted by Crippen LogP contribution is -2.47. The zero-order valence-corrected chi connectivity index (χ0v) is 18.3. The van der Waals surface area contributed by atoms with Crippen molar-refractivity contribution in [2.24, 2.45) is 0 Å². The normalized spacial score (nSPS) is 17.3. The Morgan fingerprint density at radius 1 is 1.12 bits per heavy atom. The molecule has 2 aliphatic rings. The van der Waals surface area contributed by atoms with Gasteiger partial charge in [0, 0.05) is 32.4 Å². The summed E-state index contributed by atoms with van der Waals surface area (Å²) >= 11 is 0. The van der Waals surface area contributed by atoms with Crippen molar-refractivity contribution < 1.29 is 14.0 Å². The first-order valence-electron chi connectivity index (χ1n) is 11.2. The summed E-state index contributed by atoms with van der Waals surface area (Å²) in [5.74, 6) is -0.204. The van der Waals surface area contributed by atoms with Gasteiger partial charge in [0.25, 0.3) is 11.8 Å². The van der Waals surface area contributed by atoms with Gasteiger partial charge in [0.15, 0.2) is 5.76 Å². The topological polar surface area (TPSA) is 89.6 Å². The number of aryl methyl sites for hydroxylation is 2. The highest BCUT2D eigenvalue weighted by Crippen LogP contribution is 2.25. The zero-order valence-electron chi connectivity index (χ0n) is 18.3. The maximum Gasteiger partial charge on any atom is 0.289 e. The maximum absolute atomic E-state index is 12.7. The second-order valence-electron chi connectivity index (χ2n) is 8.39. The van der Waals surface area contributed by atoms with Crippen molar-refractivity contribution in [1.82, 2.24) is 15.1 Å². The summed E-state index contributed by atoms with van der Waals surface area (Å²) in [5.41, 5.74) is 3.90. The zero-order chi connectivity index (χ0) is 22.5. The number of rotatable bonds is 5. The van der Waals surface area contributed by atoms with Crippen LogP contribution in [0.25, 0.3) is 0 Å². The maximum atomic E-state index is 12.7. The summed E-state index contributed by atoms with van der Waals surface area (Å²) < 4.78 is 5.18. The molecular weight excluding hydrogens is 404 g/mol. The lowest BCUT2D eigenvalue weighted by Gasteiger charge is -2.33. The summed E-state index contributed by atoms with van der Waals surface area (Å²) in [6.07, 6.45) is 7.73. The molecule has 1 unspecified atom stereocenters. The Labute approximate surface area is 188 Å². The van der Waals surface area contributed by atoms with Crippen LogP contribution in [0, 0.1) is 11.3 Å². The molecule has 1 aromatic heterocycles. The standard InChI is InChI=1S/C25H28N4O3/c1-18(20-9-8-19-5-2-3-6-21(19)15-20)27-24(30)22(16-26)17-28-10-12-29(13-11-28)25(31)23-7-4-14-32-23/h4,7-9,14-15,17-18H,2-3,5-6,10-13H2,1H3,(H,27,30)/b22-17-. The van der Waals surface area contributed by atoms with Gasteiger partial charge in [-0.15, -0.1) is 0 Å². The van der Waals surface area contributed by atoms with E-state index in [0.717, 1.165) is 18.4 Å². The molecule has 2 heterocycles. The number of fused-ring (bicyclic) bond motifs is 1. The van der Waals surface area contributed by atoms with Crippen molar-refractivity contribution in [1.29, 1.82) is 5.26 Å². The van der Waals surface area contributed by atoms with Gasteiger partial charge in [-0.05, 0) is 61.4 Å². The summed E-state index contributed by atoms with van der Waals surface area (Å²) in [5, 5.41) is 12.5. The molecule has 1 saturated heterocycles. The number of amides is 2. The van der Waals surface area contributed by atoms with E-state index >= 15 is 0 Å². The van der Waals surface area contributed by atoms with Gasteiger partial charge in [-0.25, -0.2) is 0 Å². The molecule has 0 radical (unpaired) electrons. The molecule has 2 aromatic rings. The molecule has 1 atom stereocenters. The third kappa shape index (κ3) is 4.86. The Morgan fingerprint density at radius 3 is 2.56 bits per heavy atom. The number of carbonyl (C=O) groups excluding carboxylic acids is 2. The van der Waals surface area contributed by atoms with Crippen molar-refractivity contribution >= 4 is 11.8 Å². The smallest absolute Gasteiger partial charge is 0.289 e. The molecular formula is C25H28N4O3. The molecule has 0 saturated carbocycles. The number of hydrogen-bond acceptors (Lipinski definition) is 5. The second kappa shape index (κ2) is 9.73. The summed E-state index contributed by atoms with van der Waals surface area (Å²) in [4.78, 5) is 28.8. The van der Waals surface area contributed by atoms with Crippen LogP contribution >= 0.6 is 0 Å². The first-order valence-corrected chi connectivity index (χ1v) is 11.2. The van der Waals surface area contributed by atoms with Gasteiger partial charge in [-0.2, -0.15) is 5.26 Å². The van der Waals surface area contributed by atoms with Crippen LogP contribution in [0.5, 0.6) is 0 Å².